The normalized spacial score (nSPS) is 29.8. The number of allylic oxidation sites excluding steroid dienone is 3. The predicted octanol–water partition coefficient (Wildman–Crippen LogP) is 1.29. The third kappa shape index (κ3) is 4.90. The van der Waals surface area contributed by atoms with Crippen LogP contribution in [0.25, 0.3) is 0 Å². The highest BCUT2D eigenvalue weighted by molar-refractivity contribution is 5.63. The van der Waals surface area contributed by atoms with Crippen molar-refractivity contribution in [1.82, 2.24) is 9.80 Å². The molecule has 0 amide bonds. The van der Waals surface area contributed by atoms with Crippen LogP contribution in [-0.4, -0.2) is 67.0 Å². The van der Waals surface area contributed by atoms with Crippen LogP contribution in [0, 0.1) is 0 Å². The van der Waals surface area contributed by atoms with E-state index in [2.05, 4.69) is 33.9 Å². The number of aliphatic hydroxyl groups excluding tert-OH is 1. The fourth-order valence-corrected chi connectivity index (χ4v) is 2.57. The average Bonchev–Trinajstić information content (AvgIpc) is 2.38. The van der Waals surface area contributed by atoms with E-state index in [1.807, 2.05) is 6.21 Å². The summed E-state index contributed by atoms with van der Waals surface area (Å²) in [6.07, 6.45) is 8.52. The summed E-state index contributed by atoms with van der Waals surface area (Å²) in [5.41, 5.74) is 2.59. The molecular formula is C15H25N3O. The molecule has 2 aliphatic heterocycles. The molecule has 4 nitrogen and oxygen atoms in total. The van der Waals surface area contributed by atoms with E-state index in [-0.39, 0.29) is 6.61 Å². The average molecular weight is 263 g/mol. The first-order valence-corrected chi connectivity index (χ1v) is 7.20. The zero-order valence-electron chi connectivity index (χ0n) is 11.9. The van der Waals surface area contributed by atoms with Gasteiger partial charge < -0.3 is 5.11 Å². The highest BCUT2D eigenvalue weighted by atomic mass is 16.3. The Bertz CT molecular complexity index is 366. The third-order valence-corrected chi connectivity index (χ3v) is 3.78. The van der Waals surface area contributed by atoms with Gasteiger partial charge in [0.1, 0.15) is 0 Å². The molecule has 0 unspecified atom stereocenters. The molecular weight excluding hydrogens is 238 g/mol. The Morgan fingerprint density at radius 2 is 1.89 bits per heavy atom. The second-order valence-electron chi connectivity index (χ2n) is 5.30. The topological polar surface area (TPSA) is 39.1 Å². The summed E-state index contributed by atoms with van der Waals surface area (Å²) in [4.78, 5) is 9.24. The molecule has 1 saturated heterocycles. The first-order valence-electron chi connectivity index (χ1n) is 7.20. The third-order valence-electron chi connectivity index (χ3n) is 3.78. The summed E-state index contributed by atoms with van der Waals surface area (Å²) in [6.45, 7) is 8.54. The lowest BCUT2D eigenvalue weighted by molar-refractivity contribution is 0.118. The van der Waals surface area contributed by atoms with Gasteiger partial charge in [0.25, 0.3) is 0 Å². The molecule has 0 radical (unpaired) electrons. The van der Waals surface area contributed by atoms with Crippen LogP contribution in [0.4, 0.5) is 0 Å². The Kier molecular flexibility index (Phi) is 5.76. The molecule has 0 bridgehead atoms. The van der Waals surface area contributed by atoms with Crippen molar-refractivity contribution in [2.75, 3.05) is 45.9 Å². The maximum absolute atomic E-state index is 8.94. The number of rotatable bonds is 4. The minimum Gasteiger partial charge on any atom is -0.395 e. The van der Waals surface area contributed by atoms with Crippen LogP contribution in [-0.2, 0) is 0 Å². The quantitative estimate of drug-likeness (QED) is 0.777. The van der Waals surface area contributed by atoms with Crippen LogP contribution < -0.4 is 0 Å². The molecule has 1 N–H and O–H groups in total. The van der Waals surface area contributed by atoms with Gasteiger partial charge in [0, 0.05) is 57.6 Å². The largest absolute Gasteiger partial charge is 0.395 e. The second kappa shape index (κ2) is 7.58. The lowest BCUT2D eigenvalue weighted by Gasteiger charge is -2.34. The highest BCUT2D eigenvalue weighted by Crippen LogP contribution is 2.12. The zero-order valence-corrected chi connectivity index (χ0v) is 11.9. The van der Waals surface area contributed by atoms with Gasteiger partial charge in [-0.1, -0.05) is 17.7 Å². The molecule has 0 aromatic rings. The summed E-state index contributed by atoms with van der Waals surface area (Å²) in [6, 6.07) is 0. The SMILES string of the molecule is CC1=C/C/C=C(/CN2CCN(CCO)CC2)C/C=N\1. The minimum absolute atomic E-state index is 0.271. The number of hydrogen-bond acceptors (Lipinski definition) is 4. The van der Waals surface area contributed by atoms with Crippen molar-refractivity contribution in [3.63, 3.8) is 0 Å². The Morgan fingerprint density at radius 1 is 1.16 bits per heavy atom. The van der Waals surface area contributed by atoms with Crippen LogP contribution in [0.2, 0.25) is 0 Å². The maximum atomic E-state index is 8.94. The van der Waals surface area contributed by atoms with Gasteiger partial charge in [-0.05, 0) is 13.3 Å². The Labute approximate surface area is 116 Å². The van der Waals surface area contributed by atoms with Crippen LogP contribution >= 0.6 is 0 Å². The minimum atomic E-state index is 0.271. The molecule has 0 aromatic carbocycles. The van der Waals surface area contributed by atoms with Crippen LogP contribution in [0.15, 0.2) is 28.4 Å². The van der Waals surface area contributed by atoms with Gasteiger partial charge in [-0.15, -0.1) is 0 Å². The van der Waals surface area contributed by atoms with Gasteiger partial charge in [0.15, 0.2) is 0 Å². The van der Waals surface area contributed by atoms with Crippen molar-refractivity contribution in [3.8, 4) is 0 Å². The summed E-state index contributed by atoms with van der Waals surface area (Å²) >= 11 is 0. The number of nitrogens with zero attached hydrogens (tertiary/aromatic N) is 3. The van der Waals surface area contributed by atoms with Crippen molar-refractivity contribution in [1.29, 1.82) is 0 Å². The molecule has 4 heteroatoms. The monoisotopic (exact) mass is 263 g/mol. The van der Waals surface area contributed by atoms with E-state index in [0.29, 0.717) is 0 Å². The van der Waals surface area contributed by atoms with Crippen molar-refractivity contribution in [3.05, 3.63) is 23.4 Å². The molecule has 2 aliphatic rings. The van der Waals surface area contributed by atoms with Crippen molar-refractivity contribution in [2.24, 2.45) is 4.99 Å². The summed E-state index contributed by atoms with van der Waals surface area (Å²) in [7, 11) is 0. The molecule has 0 spiro atoms. The fourth-order valence-electron chi connectivity index (χ4n) is 2.57. The molecule has 106 valence electrons. The van der Waals surface area contributed by atoms with E-state index < -0.39 is 0 Å². The zero-order chi connectivity index (χ0) is 13.5. The smallest absolute Gasteiger partial charge is 0.0558 e. The summed E-state index contributed by atoms with van der Waals surface area (Å²) in [5.74, 6) is 0. The molecule has 0 aromatic heterocycles. The lowest BCUT2D eigenvalue weighted by atomic mass is 10.1. The predicted molar refractivity (Wildman–Crippen MR) is 79.5 cm³/mol. The number of aliphatic imine (C=N–C) groups is 1. The Hall–Kier alpha value is -0.970. The van der Waals surface area contributed by atoms with Gasteiger partial charge in [-0.2, -0.15) is 0 Å². The summed E-state index contributed by atoms with van der Waals surface area (Å²) < 4.78 is 0. The molecule has 0 atom stereocenters. The fraction of sp³-hybridized carbons (Fsp3) is 0.667. The lowest BCUT2D eigenvalue weighted by Crippen LogP contribution is -2.47. The van der Waals surface area contributed by atoms with Gasteiger partial charge in [0.2, 0.25) is 0 Å². The van der Waals surface area contributed by atoms with Gasteiger partial charge in [-0.3, -0.25) is 14.8 Å². The Balaban J connectivity index is 1.79. The molecule has 0 saturated carbocycles. The van der Waals surface area contributed by atoms with E-state index >= 15 is 0 Å². The number of β-amino-alcohol motifs (C(OH)–C–C–N with tert-alkyl or cyclic N) is 1. The van der Waals surface area contributed by atoms with Crippen molar-refractivity contribution < 1.29 is 5.11 Å². The number of hydrogen-bond donors (Lipinski definition) is 1. The molecule has 19 heavy (non-hydrogen) atoms. The molecule has 0 aliphatic carbocycles. The first kappa shape index (κ1) is 14.4. The van der Waals surface area contributed by atoms with Crippen molar-refractivity contribution in [2.45, 2.75) is 19.8 Å². The van der Waals surface area contributed by atoms with Crippen LogP contribution in [0.1, 0.15) is 19.8 Å². The van der Waals surface area contributed by atoms with Crippen molar-refractivity contribution >= 4 is 6.21 Å². The molecule has 2 heterocycles. The van der Waals surface area contributed by atoms with Crippen LogP contribution in [0.5, 0.6) is 0 Å². The van der Waals surface area contributed by atoms with E-state index in [4.69, 9.17) is 5.11 Å². The Morgan fingerprint density at radius 3 is 2.63 bits per heavy atom. The van der Waals surface area contributed by atoms with E-state index in [1.54, 1.807) is 0 Å². The number of piperazine rings is 1. The van der Waals surface area contributed by atoms with Gasteiger partial charge in [-0.25, -0.2) is 0 Å². The molecule has 2 rings (SSSR count). The highest BCUT2D eigenvalue weighted by Gasteiger charge is 2.16. The van der Waals surface area contributed by atoms with Gasteiger partial charge in [0.05, 0.1) is 6.61 Å². The first-order chi connectivity index (χ1) is 9.28. The summed E-state index contributed by atoms with van der Waals surface area (Å²) in [5, 5.41) is 8.94. The van der Waals surface area contributed by atoms with E-state index in [0.717, 1.165) is 57.8 Å². The van der Waals surface area contributed by atoms with E-state index in [9.17, 15) is 0 Å². The second-order valence-corrected chi connectivity index (χ2v) is 5.30. The van der Waals surface area contributed by atoms with Crippen LogP contribution in [0.3, 0.4) is 0 Å². The standard InChI is InChI=1S/C15H25N3O/c1-14-3-2-4-15(5-6-16-14)13-18-9-7-17(8-10-18)11-12-19/h3-4,6,19H,2,5,7-13H2,1H3/b14-3-,15-4+,16-6-. The van der Waals surface area contributed by atoms with Gasteiger partial charge >= 0.3 is 0 Å². The molecule has 1 fully saturated rings. The van der Waals surface area contributed by atoms with E-state index in [1.165, 1.54) is 5.57 Å². The maximum Gasteiger partial charge on any atom is 0.0558 e. The number of aliphatic hydroxyl groups is 1.